The van der Waals surface area contributed by atoms with Crippen molar-refractivity contribution in [3.05, 3.63) is 65.0 Å². The maximum absolute atomic E-state index is 13.7. The largest absolute Gasteiger partial charge is 0.366 e. The zero-order valence-corrected chi connectivity index (χ0v) is 18.5. The van der Waals surface area contributed by atoms with Gasteiger partial charge >= 0.3 is 0 Å². The van der Waals surface area contributed by atoms with E-state index in [0.29, 0.717) is 23.6 Å². The molecule has 0 saturated carbocycles. The first-order valence-corrected chi connectivity index (χ1v) is 12.1. The molecule has 8 heteroatoms. The van der Waals surface area contributed by atoms with Crippen molar-refractivity contribution in [2.24, 2.45) is 4.99 Å². The molecule has 30 heavy (non-hydrogen) atoms. The lowest BCUT2D eigenvalue weighted by Gasteiger charge is -2.28. The van der Waals surface area contributed by atoms with E-state index < -0.39 is 15.7 Å². The number of hydrogen-bond acceptors (Lipinski definition) is 4. The molecular formula is C22H29FN4O2S. The Morgan fingerprint density at radius 3 is 2.70 bits per heavy atom. The molecular weight excluding hydrogens is 403 g/mol. The van der Waals surface area contributed by atoms with Gasteiger partial charge in [0.05, 0.1) is 5.75 Å². The number of benzene rings is 2. The summed E-state index contributed by atoms with van der Waals surface area (Å²) in [5.74, 6) is 0.0686. The first-order valence-electron chi connectivity index (χ1n) is 10.0. The van der Waals surface area contributed by atoms with Gasteiger partial charge in [-0.25, -0.2) is 12.8 Å². The Balaban J connectivity index is 1.59. The Morgan fingerprint density at radius 2 is 1.97 bits per heavy atom. The monoisotopic (exact) mass is 432 g/mol. The highest BCUT2D eigenvalue weighted by Crippen LogP contribution is 2.28. The van der Waals surface area contributed by atoms with E-state index in [9.17, 15) is 12.8 Å². The second kappa shape index (κ2) is 9.47. The summed E-state index contributed by atoms with van der Waals surface area (Å²) in [5, 5.41) is 6.48. The van der Waals surface area contributed by atoms with Crippen LogP contribution in [-0.4, -0.2) is 46.8 Å². The average molecular weight is 433 g/mol. The lowest BCUT2D eigenvalue weighted by Crippen LogP contribution is -2.45. The molecule has 6 nitrogen and oxygen atoms in total. The molecule has 0 bridgehead atoms. The number of rotatable bonds is 7. The van der Waals surface area contributed by atoms with E-state index in [1.807, 2.05) is 0 Å². The maximum atomic E-state index is 13.7. The predicted octanol–water partition coefficient (Wildman–Crippen LogP) is 2.49. The Bertz CT molecular complexity index is 1020. The summed E-state index contributed by atoms with van der Waals surface area (Å²) in [6.45, 7) is 4.13. The minimum atomic E-state index is -3.21. The van der Waals surface area contributed by atoms with Crippen LogP contribution in [0.2, 0.25) is 0 Å². The van der Waals surface area contributed by atoms with Crippen molar-refractivity contribution < 1.29 is 12.8 Å². The van der Waals surface area contributed by atoms with Gasteiger partial charge in [0.25, 0.3) is 0 Å². The summed E-state index contributed by atoms with van der Waals surface area (Å²) in [6.07, 6.45) is 2.22. The van der Waals surface area contributed by atoms with Crippen molar-refractivity contribution >= 4 is 21.5 Å². The molecule has 0 fully saturated rings. The van der Waals surface area contributed by atoms with E-state index >= 15 is 0 Å². The van der Waals surface area contributed by atoms with Crippen LogP contribution in [-0.2, 0) is 28.6 Å². The fourth-order valence-electron chi connectivity index (χ4n) is 3.76. The van der Waals surface area contributed by atoms with Gasteiger partial charge in [-0.3, -0.25) is 4.99 Å². The zero-order valence-electron chi connectivity index (χ0n) is 17.7. The predicted molar refractivity (Wildman–Crippen MR) is 120 cm³/mol. The summed E-state index contributed by atoms with van der Waals surface area (Å²) in [4.78, 5) is 6.62. The maximum Gasteiger partial charge on any atom is 0.191 e. The molecule has 1 heterocycles. The SMILES string of the molecule is CN=C(NCc1cc(F)ccc1CS(C)(=O)=O)NCC(C)N1CCc2ccccc21. The van der Waals surface area contributed by atoms with E-state index in [0.717, 1.165) is 13.0 Å². The van der Waals surface area contributed by atoms with Gasteiger partial charge in [-0.05, 0) is 48.2 Å². The van der Waals surface area contributed by atoms with Crippen molar-refractivity contribution in [1.82, 2.24) is 10.6 Å². The molecule has 2 aromatic rings. The van der Waals surface area contributed by atoms with Gasteiger partial charge in [-0.1, -0.05) is 24.3 Å². The van der Waals surface area contributed by atoms with Crippen LogP contribution in [0.4, 0.5) is 10.1 Å². The van der Waals surface area contributed by atoms with E-state index in [4.69, 9.17) is 0 Å². The van der Waals surface area contributed by atoms with Crippen molar-refractivity contribution in [2.75, 3.05) is 31.3 Å². The third-order valence-electron chi connectivity index (χ3n) is 5.28. The second-order valence-corrected chi connectivity index (χ2v) is 9.85. The van der Waals surface area contributed by atoms with Crippen LogP contribution >= 0.6 is 0 Å². The molecule has 0 aliphatic carbocycles. The first kappa shape index (κ1) is 22.1. The van der Waals surface area contributed by atoms with Crippen LogP contribution < -0.4 is 15.5 Å². The quantitative estimate of drug-likeness (QED) is 0.520. The number of fused-ring (bicyclic) bond motifs is 1. The fraction of sp³-hybridized carbons (Fsp3) is 0.409. The number of aliphatic imine (C=N–C) groups is 1. The van der Waals surface area contributed by atoms with Gasteiger partial charge in [-0.15, -0.1) is 0 Å². The molecule has 0 saturated heterocycles. The molecule has 0 amide bonds. The van der Waals surface area contributed by atoms with Crippen LogP contribution in [0.15, 0.2) is 47.5 Å². The molecule has 1 aliphatic rings. The zero-order chi connectivity index (χ0) is 21.7. The molecule has 0 radical (unpaired) electrons. The average Bonchev–Trinajstić information content (AvgIpc) is 3.13. The van der Waals surface area contributed by atoms with Crippen LogP contribution in [0.5, 0.6) is 0 Å². The van der Waals surface area contributed by atoms with Gasteiger partial charge < -0.3 is 15.5 Å². The Kier molecular flexibility index (Phi) is 6.97. The molecule has 2 N–H and O–H groups in total. The van der Waals surface area contributed by atoms with Crippen molar-refractivity contribution in [1.29, 1.82) is 0 Å². The van der Waals surface area contributed by atoms with Gasteiger partial charge in [-0.2, -0.15) is 0 Å². The number of nitrogens with zero attached hydrogens (tertiary/aromatic N) is 2. The summed E-state index contributed by atoms with van der Waals surface area (Å²) < 4.78 is 37.0. The fourth-order valence-corrected chi connectivity index (χ4v) is 4.60. The van der Waals surface area contributed by atoms with E-state index in [1.165, 1.54) is 35.7 Å². The molecule has 1 unspecified atom stereocenters. The number of hydrogen-bond donors (Lipinski definition) is 2. The second-order valence-electron chi connectivity index (χ2n) is 7.71. The highest BCUT2D eigenvalue weighted by atomic mass is 32.2. The third-order valence-corrected chi connectivity index (χ3v) is 6.11. The van der Waals surface area contributed by atoms with Gasteiger partial charge in [0.15, 0.2) is 15.8 Å². The van der Waals surface area contributed by atoms with E-state index in [2.05, 4.69) is 51.7 Å². The third kappa shape index (κ3) is 5.72. The van der Waals surface area contributed by atoms with Crippen molar-refractivity contribution in [3.63, 3.8) is 0 Å². The highest BCUT2D eigenvalue weighted by molar-refractivity contribution is 7.89. The highest BCUT2D eigenvalue weighted by Gasteiger charge is 2.22. The number of sulfone groups is 1. The van der Waals surface area contributed by atoms with Crippen LogP contribution in [0.25, 0.3) is 0 Å². The number of nitrogens with one attached hydrogen (secondary N) is 2. The first-order chi connectivity index (χ1) is 14.3. The van der Waals surface area contributed by atoms with Crippen LogP contribution in [0.3, 0.4) is 0 Å². The molecule has 0 spiro atoms. The van der Waals surface area contributed by atoms with Gasteiger partial charge in [0.1, 0.15) is 5.82 Å². The Morgan fingerprint density at radius 1 is 1.20 bits per heavy atom. The van der Waals surface area contributed by atoms with Gasteiger partial charge in [0, 0.05) is 44.7 Å². The number of para-hydroxylation sites is 1. The van der Waals surface area contributed by atoms with E-state index in [-0.39, 0.29) is 18.3 Å². The summed E-state index contributed by atoms with van der Waals surface area (Å²) in [7, 11) is -1.54. The number of halogens is 1. The summed E-state index contributed by atoms with van der Waals surface area (Å²) in [5.41, 5.74) is 3.84. The molecule has 2 aromatic carbocycles. The minimum absolute atomic E-state index is 0.123. The van der Waals surface area contributed by atoms with Crippen molar-refractivity contribution in [2.45, 2.75) is 31.7 Å². The standard InChI is InChI=1S/C22H29FN4O2S/c1-16(27-11-10-17-6-4-5-7-21(17)27)13-25-22(24-2)26-14-19-12-20(23)9-8-18(19)15-30(3,28)29/h4-9,12,16H,10-11,13-15H2,1-3H3,(H2,24,25,26). The molecule has 162 valence electrons. The smallest absolute Gasteiger partial charge is 0.191 e. The lowest BCUT2D eigenvalue weighted by atomic mass is 10.1. The summed E-state index contributed by atoms with van der Waals surface area (Å²) in [6, 6.07) is 12.9. The van der Waals surface area contributed by atoms with Crippen LogP contribution in [0.1, 0.15) is 23.6 Å². The van der Waals surface area contributed by atoms with Crippen LogP contribution in [0, 0.1) is 5.82 Å². The Hall–Kier alpha value is -2.61. The molecule has 3 rings (SSSR count). The topological polar surface area (TPSA) is 73.8 Å². The van der Waals surface area contributed by atoms with Gasteiger partial charge in [0.2, 0.25) is 0 Å². The molecule has 0 aromatic heterocycles. The number of guanidine groups is 1. The molecule has 1 atom stereocenters. The normalized spacial score (nSPS) is 15.1. The minimum Gasteiger partial charge on any atom is -0.366 e. The van der Waals surface area contributed by atoms with Crippen molar-refractivity contribution in [3.8, 4) is 0 Å². The lowest BCUT2D eigenvalue weighted by molar-refractivity contribution is 0.599. The molecule has 1 aliphatic heterocycles. The summed E-state index contributed by atoms with van der Waals surface area (Å²) >= 11 is 0. The van der Waals surface area contributed by atoms with E-state index in [1.54, 1.807) is 7.05 Å². The Labute approximate surface area is 178 Å². The number of anilines is 1.